The molecule has 0 amide bonds. The number of esters is 1. The SMILES string of the molecule is COCC(C)(C(=O)OC)C(C)(C)C. The fraction of sp³-hybridized carbons (Fsp3) is 0.900. The minimum atomic E-state index is -0.587. The van der Waals surface area contributed by atoms with Gasteiger partial charge in [0.15, 0.2) is 0 Å². The molecule has 0 saturated carbocycles. The van der Waals surface area contributed by atoms with Crippen LogP contribution in [-0.4, -0.2) is 26.8 Å². The van der Waals surface area contributed by atoms with Crippen LogP contribution in [0.5, 0.6) is 0 Å². The van der Waals surface area contributed by atoms with Gasteiger partial charge in [0.25, 0.3) is 0 Å². The van der Waals surface area contributed by atoms with E-state index in [1.165, 1.54) is 7.11 Å². The molecule has 0 aromatic carbocycles. The highest BCUT2D eigenvalue weighted by atomic mass is 16.5. The van der Waals surface area contributed by atoms with Gasteiger partial charge in [-0.25, -0.2) is 0 Å². The Morgan fingerprint density at radius 2 is 1.62 bits per heavy atom. The summed E-state index contributed by atoms with van der Waals surface area (Å²) in [5.74, 6) is -0.221. The lowest BCUT2D eigenvalue weighted by atomic mass is 9.68. The Bertz CT molecular complexity index is 181. The lowest BCUT2D eigenvalue weighted by molar-refractivity contribution is -0.163. The summed E-state index contributed by atoms with van der Waals surface area (Å²) in [5, 5.41) is 0. The maximum atomic E-state index is 11.6. The van der Waals surface area contributed by atoms with Gasteiger partial charge in [-0.1, -0.05) is 20.8 Å². The van der Waals surface area contributed by atoms with Crippen LogP contribution < -0.4 is 0 Å². The molecule has 0 fully saturated rings. The smallest absolute Gasteiger partial charge is 0.314 e. The summed E-state index contributed by atoms with van der Waals surface area (Å²) in [6.45, 7) is 8.25. The van der Waals surface area contributed by atoms with Crippen molar-refractivity contribution in [2.24, 2.45) is 10.8 Å². The van der Waals surface area contributed by atoms with Gasteiger partial charge in [0, 0.05) is 7.11 Å². The Kier molecular flexibility index (Phi) is 3.91. The molecule has 0 N–H and O–H groups in total. The van der Waals surface area contributed by atoms with Gasteiger partial charge in [0.1, 0.15) is 0 Å². The van der Waals surface area contributed by atoms with Crippen molar-refractivity contribution in [3.05, 3.63) is 0 Å². The number of ether oxygens (including phenoxy) is 2. The molecule has 1 unspecified atom stereocenters. The lowest BCUT2D eigenvalue weighted by Crippen LogP contribution is -2.44. The van der Waals surface area contributed by atoms with Crippen molar-refractivity contribution in [3.63, 3.8) is 0 Å². The molecule has 3 nitrogen and oxygen atoms in total. The van der Waals surface area contributed by atoms with Crippen LogP contribution in [0.4, 0.5) is 0 Å². The molecule has 1 atom stereocenters. The molecule has 0 heterocycles. The number of rotatable bonds is 3. The first kappa shape index (κ1) is 12.4. The van der Waals surface area contributed by atoms with Gasteiger partial charge < -0.3 is 9.47 Å². The maximum absolute atomic E-state index is 11.6. The minimum Gasteiger partial charge on any atom is -0.469 e. The summed E-state index contributed by atoms with van der Waals surface area (Å²) in [6, 6.07) is 0. The van der Waals surface area contributed by atoms with E-state index in [0.717, 1.165) is 0 Å². The summed E-state index contributed by atoms with van der Waals surface area (Å²) in [7, 11) is 2.99. The zero-order chi connectivity index (χ0) is 10.7. The first-order valence-electron chi connectivity index (χ1n) is 4.37. The number of hydrogen-bond donors (Lipinski definition) is 0. The number of methoxy groups -OCH3 is 2. The number of carbonyl (C=O) groups excluding carboxylic acids is 1. The second kappa shape index (κ2) is 4.09. The van der Waals surface area contributed by atoms with Crippen molar-refractivity contribution in [1.29, 1.82) is 0 Å². The first-order valence-corrected chi connectivity index (χ1v) is 4.37. The summed E-state index contributed by atoms with van der Waals surface area (Å²) in [4.78, 5) is 11.6. The maximum Gasteiger partial charge on any atom is 0.314 e. The largest absolute Gasteiger partial charge is 0.469 e. The molecular formula is C10H20O3. The molecule has 0 aliphatic heterocycles. The van der Waals surface area contributed by atoms with Gasteiger partial charge in [-0.3, -0.25) is 4.79 Å². The highest BCUT2D eigenvalue weighted by Gasteiger charge is 2.45. The molecule has 0 bridgehead atoms. The second-order valence-corrected chi connectivity index (χ2v) is 4.51. The van der Waals surface area contributed by atoms with E-state index in [1.807, 2.05) is 27.7 Å². The van der Waals surface area contributed by atoms with E-state index in [0.29, 0.717) is 6.61 Å². The third-order valence-electron chi connectivity index (χ3n) is 2.72. The monoisotopic (exact) mass is 188 g/mol. The van der Waals surface area contributed by atoms with Gasteiger partial charge in [-0.15, -0.1) is 0 Å². The van der Waals surface area contributed by atoms with Crippen LogP contribution >= 0.6 is 0 Å². The molecule has 0 aliphatic rings. The van der Waals surface area contributed by atoms with Gasteiger partial charge in [-0.05, 0) is 12.3 Å². The van der Waals surface area contributed by atoms with Crippen LogP contribution in [0, 0.1) is 10.8 Å². The van der Waals surface area contributed by atoms with Gasteiger partial charge in [0.2, 0.25) is 0 Å². The van der Waals surface area contributed by atoms with E-state index in [4.69, 9.17) is 9.47 Å². The van der Waals surface area contributed by atoms with E-state index in [1.54, 1.807) is 7.11 Å². The Hall–Kier alpha value is -0.570. The summed E-state index contributed by atoms with van der Waals surface area (Å²) in [5.41, 5.74) is -0.757. The highest BCUT2D eigenvalue weighted by Crippen LogP contribution is 2.39. The average Bonchev–Trinajstić information content (AvgIpc) is 2.01. The number of hydrogen-bond acceptors (Lipinski definition) is 3. The molecule has 3 heteroatoms. The molecular weight excluding hydrogens is 168 g/mol. The Morgan fingerprint density at radius 1 is 1.15 bits per heavy atom. The zero-order valence-electron chi connectivity index (χ0n) is 9.43. The van der Waals surface area contributed by atoms with Crippen molar-refractivity contribution in [3.8, 4) is 0 Å². The van der Waals surface area contributed by atoms with E-state index >= 15 is 0 Å². The topological polar surface area (TPSA) is 35.5 Å². The lowest BCUT2D eigenvalue weighted by Gasteiger charge is -2.38. The van der Waals surface area contributed by atoms with E-state index < -0.39 is 5.41 Å². The normalized spacial score (nSPS) is 16.5. The minimum absolute atomic E-state index is 0.171. The molecule has 78 valence electrons. The molecule has 0 saturated heterocycles. The molecule has 0 spiro atoms. The summed E-state index contributed by atoms with van der Waals surface area (Å²) < 4.78 is 9.83. The molecule has 0 rings (SSSR count). The first-order chi connectivity index (χ1) is 5.79. The highest BCUT2D eigenvalue weighted by molar-refractivity contribution is 5.77. The van der Waals surface area contributed by atoms with Gasteiger partial charge in [-0.2, -0.15) is 0 Å². The molecule has 0 aliphatic carbocycles. The van der Waals surface area contributed by atoms with E-state index in [2.05, 4.69) is 0 Å². The van der Waals surface area contributed by atoms with Crippen molar-refractivity contribution in [2.45, 2.75) is 27.7 Å². The Labute approximate surface area is 80.4 Å². The second-order valence-electron chi connectivity index (χ2n) is 4.51. The summed E-state index contributed by atoms with van der Waals surface area (Å²) >= 11 is 0. The van der Waals surface area contributed by atoms with Crippen LogP contribution in [0.1, 0.15) is 27.7 Å². The molecule has 0 aromatic heterocycles. The Balaban J connectivity index is 4.83. The summed E-state index contributed by atoms with van der Waals surface area (Å²) in [6.07, 6.45) is 0. The molecule has 0 aromatic rings. The third kappa shape index (κ3) is 2.44. The van der Waals surface area contributed by atoms with Gasteiger partial charge >= 0.3 is 5.97 Å². The number of carbonyl (C=O) groups is 1. The predicted molar refractivity (Wildman–Crippen MR) is 51.5 cm³/mol. The predicted octanol–water partition coefficient (Wildman–Crippen LogP) is 1.86. The van der Waals surface area contributed by atoms with Gasteiger partial charge in [0.05, 0.1) is 19.1 Å². The fourth-order valence-electron chi connectivity index (χ4n) is 1.10. The van der Waals surface area contributed by atoms with E-state index in [-0.39, 0.29) is 11.4 Å². The van der Waals surface area contributed by atoms with Crippen molar-refractivity contribution in [1.82, 2.24) is 0 Å². The fourth-order valence-corrected chi connectivity index (χ4v) is 1.10. The van der Waals surface area contributed by atoms with Crippen molar-refractivity contribution >= 4 is 5.97 Å². The van der Waals surface area contributed by atoms with Crippen LogP contribution in [0.2, 0.25) is 0 Å². The Morgan fingerprint density at radius 3 is 1.85 bits per heavy atom. The van der Waals surface area contributed by atoms with Crippen molar-refractivity contribution < 1.29 is 14.3 Å². The quantitative estimate of drug-likeness (QED) is 0.634. The average molecular weight is 188 g/mol. The molecule has 13 heavy (non-hydrogen) atoms. The van der Waals surface area contributed by atoms with Crippen LogP contribution in [0.3, 0.4) is 0 Å². The zero-order valence-corrected chi connectivity index (χ0v) is 9.43. The standard InChI is InChI=1S/C10H20O3/c1-9(2,3)10(4,7-12-5)8(11)13-6/h7H2,1-6H3. The van der Waals surface area contributed by atoms with E-state index in [9.17, 15) is 4.79 Å². The van der Waals surface area contributed by atoms with Crippen LogP contribution in [-0.2, 0) is 14.3 Å². The van der Waals surface area contributed by atoms with Crippen LogP contribution in [0.15, 0.2) is 0 Å². The van der Waals surface area contributed by atoms with Crippen LogP contribution in [0.25, 0.3) is 0 Å². The molecule has 0 radical (unpaired) electrons. The van der Waals surface area contributed by atoms with Crippen molar-refractivity contribution in [2.75, 3.05) is 20.8 Å². The third-order valence-corrected chi connectivity index (χ3v) is 2.72.